The van der Waals surface area contributed by atoms with Crippen LogP contribution in [-0.4, -0.2) is 15.0 Å². The smallest absolute Gasteiger partial charge is 0.266 e. The van der Waals surface area contributed by atoms with Crippen molar-refractivity contribution in [2.45, 2.75) is 127 Å². The summed E-state index contributed by atoms with van der Waals surface area (Å²) in [5, 5.41) is -0.220. The molecule has 1 aromatic rings. The highest BCUT2D eigenvalue weighted by Crippen LogP contribution is 2.40. The van der Waals surface area contributed by atoms with Gasteiger partial charge in [-0.25, -0.2) is 0 Å². The van der Waals surface area contributed by atoms with Crippen molar-refractivity contribution in [1.29, 1.82) is 0 Å². The monoisotopic (exact) mass is 574 g/mol. The molecule has 0 fully saturated rings. The molecule has 34 heavy (non-hydrogen) atoms. The third-order valence-corrected chi connectivity index (χ3v) is 9.28. The first kappa shape index (κ1) is 32.3. The zero-order valence-corrected chi connectivity index (χ0v) is 24.5. The first-order valence-electron chi connectivity index (χ1n) is 13.0. The van der Waals surface area contributed by atoms with E-state index in [-0.39, 0.29) is 31.6 Å². The van der Waals surface area contributed by atoms with Crippen molar-refractivity contribution in [3.63, 3.8) is 0 Å². The van der Waals surface area contributed by atoms with Gasteiger partial charge < -0.3 is 0 Å². The van der Waals surface area contributed by atoms with Crippen LogP contribution >= 0.6 is 46.4 Å². The summed E-state index contributed by atoms with van der Waals surface area (Å²) in [7, 11) is -4.04. The molecule has 0 unspecified atom stereocenters. The third kappa shape index (κ3) is 13.6. The fourth-order valence-electron chi connectivity index (χ4n) is 3.97. The molecule has 0 heterocycles. The maximum atomic E-state index is 12.4. The van der Waals surface area contributed by atoms with E-state index >= 15 is 0 Å². The molecule has 0 aromatic heterocycles. The lowest BCUT2D eigenvalue weighted by Gasteiger charge is -2.10. The van der Waals surface area contributed by atoms with Crippen LogP contribution in [0.3, 0.4) is 0 Å². The van der Waals surface area contributed by atoms with E-state index in [2.05, 4.69) is 6.92 Å². The molecule has 0 aliphatic heterocycles. The number of unbranched alkanes of at least 4 members (excludes halogenated alkanes) is 17. The van der Waals surface area contributed by atoms with Gasteiger partial charge in [0.2, 0.25) is 0 Å². The number of halogens is 4. The van der Waals surface area contributed by atoms with Crippen LogP contribution in [0.15, 0.2) is 11.0 Å². The van der Waals surface area contributed by atoms with Crippen molar-refractivity contribution < 1.29 is 12.6 Å². The maximum Gasteiger partial charge on any atom is 0.298 e. The molecule has 198 valence electrons. The minimum atomic E-state index is -4.04. The van der Waals surface area contributed by atoms with Crippen LogP contribution in [0.4, 0.5) is 0 Å². The lowest BCUT2D eigenvalue weighted by Crippen LogP contribution is -2.09. The molecule has 0 aliphatic rings. The Balaban J connectivity index is 1.97. The van der Waals surface area contributed by atoms with Gasteiger partial charge >= 0.3 is 0 Å². The topological polar surface area (TPSA) is 43.4 Å². The summed E-state index contributed by atoms with van der Waals surface area (Å²) in [4.78, 5) is -0.254. The van der Waals surface area contributed by atoms with Crippen molar-refractivity contribution in [2.75, 3.05) is 6.61 Å². The molecule has 0 radical (unpaired) electrons. The molecule has 8 heteroatoms. The number of rotatable bonds is 21. The van der Waals surface area contributed by atoms with Crippen LogP contribution < -0.4 is 0 Å². The van der Waals surface area contributed by atoms with Crippen LogP contribution in [0.1, 0.15) is 122 Å². The Hall–Kier alpha value is 0.290. The Morgan fingerprint density at radius 1 is 0.588 bits per heavy atom. The first-order valence-corrected chi connectivity index (χ1v) is 16.0. The minimum Gasteiger partial charge on any atom is -0.266 e. The SMILES string of the molecule is CCCCCCCCCCCCCCCCCCCCOS(=O)(=O)c1cc(Cl)c(Cl)c(Cl)c1Cl. The van der Waals surface area contributed by atoms with Gasteiger partial charge in [0.1, 0.15) is 4.90 Å². The van der Waals surface area contributed by atoms with E-state index in [1.807, 2.05) is 0 Å². The van der Waals surface area contributed by atoms with Crippen LogP contribution in [-0.2, 0) is 14.3 Å². The first-order chi connectivity index (χ1) is 16.3. The highest BCUT2D eigenvalue weighted by atomic mass is 35.5. The molecule has 0 spiro atoms. The van der Waals surface area contributed by atoms with Crippen molar-refractivity contribution >= 4 is 56.5 Å². The fourth-order valence-corrected chi connectivity index (χ4v) is 6.22. The van der Waals surface area contributed by atoms with Crippen LogP contribution in [0.25, 0.3) is 0 Å². The molecule has 3 nitrogen and oxygen atoms in total. The Morgan fingerprint density at radius 3 is 1.38 bits per heavy atom. The van der Waals surface area contributed by atoms with Crippen molar-refractivity contribution in [1.82, 2.24) is 0 Å². The van der Waals surface area contributed by atoms with Crippen molar-refractivity contribution in [2.24, 2.45) is 0 Å². The average Bonchev–Trinajstić information content (AvgIpc) is 2.81. The lowest BCUT2D eigenvalue weighted by molar-refractivity contribution is 0.306. The summed E-state index contributed by atoms with van der Waals surface area (Å²) >= 11 is 23.8. The van der Waals surface area contributed by atoms with Crippen molar-refractivity contribution in [3.05, 3.63) is 26.2 Å². The van der Waals surface area contributed by atoms with Gasteiger partial charge in [0.15, 0.2) is 0 Å². The predicted molar refractivity (Wildman–Crippen MR) is 148 cm³/mol. The highest BCUT2D eigenvalue weighted by molar-refractivity contribution is 7.87. The Kier molecular flexibility index (Phi) is 18.4. The zero-order chi connectivity index (χ0) is 25.2. The normalized spacial score (nSPS) is 11.9. The second-order valence-corrected chi connectivity index (χ2v) is 12.2. The van der Waals surface area contributed by atoms with Crippen LogP contribution in [0.2, 0.25) is 20.1 Å². The standard InChI is InChI=1S/C26H42Cl4O3S/c1-2-3-4-5-6-7-8-9-10-11-12-13-14-15-16-17-18-19-20-33-34(31,32)23-21-22(27)24(28)26(30)25(23)29/h21H,2-20H2,1H3. The Bertz CT molecular complexity index is 785. The molecule has 0 saturated heterocycles. The van der Waals surface area contributed by atoms with Gasteiger partial charge in [-0.15, -0.1) is 0 Å². The molecular weight excluding hydrogens is 534 g/mol. The number of hydrogen-bond acceptors (Lipinski definition) is 3. The molecule has 0 saturated carbocycles. The largest absolute Gasteiger partial charge is 0.298 e. The lowest BCUT2D eigenvalue weighted by atomic mass is 10.0. The second-order valence-electron chi connectivity index (χ2n) is 9.08. The summed E-state index contributed by atoms with van der Waals surface area (Å²) in [5.41, 5.74) is 0. The molecular formula is C26H42Cl4O3S. The fraction of sp³-hybridized carbons (Fsp3) is 0.769. The van der Waals surface area contributed by atoms with E-state index in [9.17, 15) is 8.42 Å². The van der Waals surface area contributed by atoms with Crippen LogP contribution in [0, 0.1) is 0 Å². The molecule has 0 amide bonds. The molecule has 0 aliphatic carbocycles. The maximum absolute atomic E-state index is 12.4. The molecule has 1 aromatic carbocycles. The van der Waals surface area contributed by atoms with E-state index in [0.29, 0.717) is 6.42 Å². The summed E-state index contributed by atoms with van der Waals surface area (Å²) in [6.07, 6.45) is 23.0. The van der Waals surface area contributed by atoms with E-state index < -0.39 is 10.1 Å². The van der Waals surface area contributed by atoms with Gasteiger partial charge in [0.25, 0.3) is 10.1 Å². The summed E-state index contributed by atoms with van der Waals surface area (Å²) in [6, 6.07) is 1.17. The second kappa shape index (κ2) is 19.4. The van der Waals surface area contributed by atoms with E-state index in [4.69, 9.17) is 50.6 Å². The van der Waals surface area contributed by atoms with Gasteiger partial charge in [-0.2, -0.15) is 8.42 Å². The minimum absolute atomic E-state index is 0.0198. The van der Waals surface area contributed by atoms with E-state index in [1.54, 1.807) is 0 Å². The molecule has 0 bridgehead atoms. The summed E-state index contributed by atoms with van der Waals surface area (Å²) in [5.74, 6) is 0. The summed E-state index contributed by atoms with van der Waals surface area (Å²) in [6.45, 7) is 2.37. The van der Waals surface area contributed by atoms with Gasteiger partial charge in [-0.3, -0.25) is 4.18 Å². The van der Waals surface area contributed by atoms with Gasteiger partial charge in [0, 0.05) is 0 Å². The molecule has 0 atom stereocenters. The average molecular weight is 576 g/mol. The van der Waals surface area contributed by atoms with Crippen LogP contribution in [0.5, 0.6) is 0 Å². The Morgan fingerprint density at radius 2 is 0.971 bits per heavy atom. The molecule has 0 N–H and O–H groups in total. The van der Waals surface area contributed by atoms with Crippen molar-refractivity contribution in [3.8, 4) is 0 Å². The zero-order valence-electron chi connectivity index (χ0n) is 20.7. The number of hydrogen-bond donors (Lipinski definition) is 0. The quantitative estimate of drug-likeness (QED) is 0.0633. The van der Waals surface area contributed by atoms with Gasteiger partial charge in [0.05, 0.1) is 26.7 Å². The molecule has 1 rings (SSSR count). The van der Waals surface area contributed by atoms with E-state index in [1.165, 1.54) is 102 Å². The Labute approximate surface area is 228 Å². The van der Waals surface area contributed by atoms with E-state index in [0.717, 1.165) is 12.8 Å². The highest BCUT2D eigenvalue weighted by Gasteiger charge is 2.24. The third-order valence-electron chi connectivity index (χ3n) is 6.07. The predicted octanol–water partition coefficient (Wildman–Crippen LogP) is 11.0. The number of benzene rings is 1. The van der Waals surface area contributed by atoms with Gasteiger partial charge in [-0.1, -0.05) is 162 Å². The van der Waals surface area contributed by atoms with Gasteiger partial charge in [-0.05, 0) is 12.5 Å². The summed E-state index contributed by atoms with van der Waals surface area (Å²) < 4.78 is 29.9.